The number of thioether (sulfide) groups is 2. The van der Waals surface area contributed by atoms with Crippen molar-refractivity contribution in [1.82, 2.24) is 0 Å². The van der Waals surface area contributed by atoms with Crippen LogP contribution in [0.1, 0.15) is 145 Å². The van der Waals surface area contributed by atoms with Crippen LogP contribution in [0.25, 0.3) is 0 Å². The normalized spacial score (nSPS) is 10.9. The zero-order valence-corrected chi connectivity index (χ0v) is 37.6. The molecule has 0 aliphatic heterocycles. The minimum Gasteiger partial charge on any atom is -0.494 e. The molecule has 0 fully saturated rings. The van der Waals surface area contributed by atoms with E-state index in [9.17, 15) is 19.2 Å². The Kier molecular flexibility index (Phi) is 20.7. The van der Waals surface area contributed by atoms with Crippen LogP contribution in [0.15, 0.2) is 131 Å². The highest BCUT2D eigenvalue weighted by molar-refractivity contribution is 8.14. The van der Waals surface area contributed by atoms with Gasteiger partial charge in [-0.2, -0.15) is 0 Å². The summed E-state index contributed by atoms with van der Waals surface area (Å²) in [6, 6.07) is 33.8. The molecule has 5 aromatic carbocycles. The van der Waals surface area contributed by atoms with Crippen LogP contribution in [0, 0.1) is 0 Å². The van der Waals surface area contributed by atoms with Crippen molar-refractivity contribution in [3.05, 3.63) is 144 Å². The molecule has 5 rings (SSSR count). The highest BCUT2D eigenvalue weighted by atomic mass is 32.2. The van der Waals surface area contributed by atoms with Gasteiger partial charge in [0.2, 0.25) is 10.2 Å². The number of ether oxygens (including phenoxy) is 4. The summed E-state index contributed by atoms with van der Waals surface area (Å²) in [6.07, 6.45) is 17.1. The van der Waals surface area contributed by atoms with E-state index < -0.39 is 11.9 Å². The standard InChI is InChI=1S/C52H58O8S2/c1-3-5-7-9-11-13-15-36-57-43-28-20-41(21-29-43)51(55)61-47-32-24-39(25-33-47)49(53)59-45-18-17-19-46(38-45)60-50(54)40-26-34-48(35-27-40)62-52(56)42-22-30-44(31-23-42)58-37-16-14-12-10-8-6-4-2/h17-35,38H,3-16,36-37H2,1-2H3. The molecule has 0 radical (unpaired) electrons. The summed E-state index contributed by atoms with van der Waals surface area (Å²) in [4.78, 5) is 53.2. The van der Waals surface area contributed by atoms with Crippen LogP contribution in [-0.4, -0.2) is 35.4 Å². The van der Waals surface area contributed by atoms with Crippen LogP contribution in [-0.2, 0) is 0 Å². The third-order valence-corrected chi connectivity index (χ3v) is 11.9. The summed E-state index contributed by atoms with van der Waals surface area (Å²) in [6.45, 7) is 5.77. The Hall–Kier alpha value is -5.32. The molecule has 62 heavy (non-hydrogen) atoms. The lowest BCUT2D eigenvalue weighted by molar-refractivity contribution is 0.0732. The number of benzene rings is 5. The molecule has 0 saturated carbocycles. The Bertz CT molecular complexity index is 1980. The van der Waals surface area contributed by atoms with Crippen LogP contribution in [0.3, 0.4) is 0 Å². The lowest BCUT2D eigenvalue weighted by atomic mass is 10.1. The number of unbranched alkanes of at least 4 members (excludes halogenated alkanes) is 12. The van der Waals surface area contributed by atoms with Crippen molar-refractivity contribution in [2.24, 2.45) is 0 Å². The minimum absolute atomic E-state index is 0.118. The zero-order chi connectivity index (χ0) is 43.8. The molecule has 0 aliphatic rings. The molecule has 0 unspecified atom stereocenters. The van der Waals surface area contributed by atoms with Crippen LogP contribution in [0.4, 0.5) is 0 Å². The van der Waals surface area contributed by atoms with Crippen molar-refractivity contribution in [1.29, 1.82) is 0 Å². The first-order valence-electron chi connectivity index (χ1n) is 22.0. The number of hydrogen-bond donors (Lipinski definition) is 0. The molecule has 8 nitrogen and oxygen atoms in total. The van der Waals surface area contributed by atoms with Gasteiger partial charge in [-0.05, 0) is 146 Å². The Morgan fingerprint density at radius 3 is 1.10 bits per heavy atom. The topological polar surface area (TPSA) is 105 Å². The van der Waals surface area contributed by atoms with Crippen LogP contribution in [0.2, 0.25) is 0 Å². The smallest absolute Gasteiger partial charge is 0.343 e. The van der Waals surface area contributed by atoms with E-state index in [-0.39, 0.29) is 21.7 Å². The van der Waals surface area contributed by atoms with Gasteiger partial charge in [0.05, 0.1) is 24.3 Å². The highest BCUT2D eigenvalue weighted by Crippen LogP contribution is 2.28. The Morgan fingerprint density at radius 1 is 0.387 bits per heavy atom. The molecule has 0 aliphatic carbocycles. The van der Waals surface area contributed by atoms with Gasteiger partial charge < -0.3 is 18.9 Å². The number of rotatable bonds is 26. The van der Waals surface area contributed by atoms with Crippen LogP contribution < -0.4 is 18.9 Å². The average molecular weight is 875 g/mol. The van der Waals surface area contributed by atoms with E-state index >= 15 is 0 Å². The summed E-state index contributed by atoms with van der Waals surface area (Å²) in [7, 11) is 0. The average Bonchev–Trinajstić information content (AvgIpc) is 3.29. The van der Waals surface area contributed by atoms with Gasteiger partial charge in [0.15, 0.2) is 0 Å². The number of hydrogen-bond acceptors (Lipinski definition) is 10. The summed E-state index contributed by atoms with van der Waals surface area (Å²) in [5.41, 5.74) is 1.71. The van der Waals surface area contributed by atoms with Gasteiger partial charge in [0, 0.05) is 27.0 Å². The lowest BCUT2D eigenvalue weighted by Gasteiger charge is -2.09. The highest BCUT2D eigenvalue weighted by Gasteiger charge is 2.15. The summed E-state index contributed by atoms with van der Waals surface area (Å²) >= 11 is 2.14. The third-order valence-electron chi connectivity index (χ3n) is 10.0. The van der Waals surface area contributed by atoms with Gasteiger partial charge in [0.25, 0.3) is 0 Å². The number of carbonyl (C=O) groups is 4. The van der Waals surface area contributed by atoms with E-state index in [0.29, 0.717) is 45.3 Å². The van der Waals surface area contributed by atoms with Gasteiger partial charge in [-0.15, -0.1) is 0 Å². The van der Waals surface area contributed by atoms with Crippen molar-refractivity contribution in [3.8, 4) is 23.0 Å². The van der Waals surface area contributed by atoms with Gasteiger partial charge in [-0.1, -0.05) is 97.0 Å². The second-order valence-electron chi connectivity index (χ2n) is 15.1. The second kappa shape index (κ2) is 26.9. The fourth-order valence-corrected chi connectivity index (χ4v) is 7.94. The molecule has 0 spiro atoms. The number of esters is 2. The Morgan fingerprint density at radius 2 is 0.726 bits per heavy atom. The van der Waals surface area contributed by atoms with Crippen LogP contribution >= 0.6 is 23.5 Å². The maximum atomic E-state index is 13.0. The maximum Gasteiger partial charge on any atom is 0.343 e. The predicted octanol–water partition coefficient (Wildman–Crippen LogP) is 14.2. The molecule has 10 heteroatoms. The molecule has 0 N–H and O–H groups in total. The van der Waals surface area contributed by atoms with E-state index in [1.165, 1.54) is 70.3 Å². The first kappa shape index (κ1) is 47.7. The molecule has 0 amide bonds. The summed E-state index contributed by atoms with van der Waals surface area (Å²) in [5.74, 6) is 0.682. The Balaban J connectivity index is 1.02. The minimum atomic E-state index is -0.603. The molecule has 0 bridgehead atoms. The first-order valence-corrected chi connectivity index (χ1v) is 23.6. The van der Waals surface area contributed by atoms with E-state index in [1.807, 2.05) is 24.3 Å². The summed E-state index contributed by atoms with van der Waals surface area (Å²) < 4.78 is 22.8. The third kappa shape index (κ3) is 16.9. The van der Waals surface area contributed by atoms with E-state index in [4.69, 9.17) is 18.9 Å². The van der Waals surface area contributed by atoms with Gasteiger partial charge in [-0.3, -0.25) is 9.59 Å². The molecule has 5 aromatic rings. The number of carbonyl (C=O) groups excluding carboxylic acids is 4. The second-order valence-corrected chi connectivity index (χ2v) is 17.2. The van der Waals surface area contributed by atoms with E-state index in [2.05, 4.69) is 13.8 Å². The van der Waals surface area contributed by atoms with Gasteiger partial charge in [-0.25, -0.2) is 9.59 Å². The molecular weight excluding hydrogens is 817 g/mol. The molecule has 0 atom stereocenters. The fourth-order valence-electron chi connectivity index (χ4n) is 6.46. The molecule has 0 aromatic heterocycles. The Labute approximate surface area is 375 Å². The molecule has 326 valence electrons. The molecular formula is C52H58O8S2. The van der Waals surface area contributed by atoms with Crippen molar-refractivity contribution in [3.63, 3.8) is 0 Å². The van der Waals surface area contributed by atoms with Gasteiger partial charge >= 0.3 is 11.9 Å². The largest absolute Gasteiger partial charge is 0.494 e. The monoisotopic (exact) mass is 874 g/mol. The van der Waals surface area contributed by atoms with Crippen LogP contribution in [0.5, 0.6) is 23.0 Å². The van der Waals surface area contributed by atoms with Crippen molar-refractivity contribution in [2.45, 2.75) is 114 Å². The van der Waals surface area contributed by atoms with Gasteiger partial charge in [0.1, 0.15) is 23.0 Å². The SMILES string of the molecule is CCCCCCCCCOc1ccc(C(=O)Sc2ccc(C(=O)Oc3cccc(OC(=O)c4ccc(SC(=O)c5ccc(OCCCCCCCCC)cc5)cc4)c3)cc2)cc1. The summed E-state index contributed by atoms with van der Waals surface area (Å²) in [5, 5.41) is -0.237. The first-order chi connectivity index (χ1) is 30.3. The van der Waals surface area contributed by atoms with E-state index in [1.54, 1.807) is 91.0 Å². The van der Waals surface area contributed by atoms with Crippen molar-refractivity contribution >= 4 is 45.7 Å². The zero-order valence-electron chi connectivity index (χ0n) is 35.9. The quantitative estimate of drug-likeness (QED) is 0.0231. The maximum absolute atomic E-state index is 13.0. The van der Waals surface area contributed by atoms with Crippen molar-refractivity contribution < 1.29 is 38.1 Å². The van der Waals surface area contributed by atoms with E-state index in [0.717, 1.165) is 60.7 Å². The fraction of sp³-hybridized carbons (Fsp3) is 0.346. The predicted molar refractivity (Wildman–Crippen MR) is 249 cm³/mol. The lowest BCUT2D eigenvalue weighted by Crippen LogP contribution is -2.10. The van der Waals surface area contributed by atoms with Crippen molar-refractivity contribution in [2.75, 3.05) is 13.2 Å². The molecule has 0 saturated heterocycles. The molecule has 0 heterocycles.